The fraction of sp³-hybridized carbons (Fsp3) is 0.538. The molecule has 0 amide bonds. The Bertz CT molecular complexity index is 414. The molecule has 1 aliphatic rings. The fourth-order valence-electron chi connectivity index (χ4n) is 2.13. The van der Waals surface area contributed by atoms with Crippen molar-refractivity contribution in [3.63, 3.8) is 0 Å². The number of rotatable bonds is 3. The molecule has 100 valence electrons. The van der Waals surface area contributed by atoms with Crippen LogP contribution >= 0.6 is 0 Å². The maximum atomic E-state index is 12.3. The Morgan fingerprint density at radius 3 is 2.22 bits per heavy atom. The van der Waals surface area contributed by atoms with Crippen LogP contribution in [0.15, 0.2) is 30.3 Å². The average molecular weight is 260 g/mol. The number of benzene rings is 1. The van der Waals surface area contributed by atoms with Gasteiger partial charge in [0.1, 0.15) is 6.61 Å². The van der Waals surface area contributed by atoms with E-state index in [4.69, 9.17) is 9.47 Å². The smallest absolute Gasteiger partial charge is 0.345 e. The molecule has 0 aliphatic carbocycles. The van der Waals surface area contributed by atoms with Crippen LogP contribution in [-0.2, 0) is 15.3 Å². The second kappa shape index (κ2) is 4.24. The van der Waals surface area contributed by atoms with Gasteiger partial charge in [0.05, 0.1) is 6.61 Å². The van der Waals surface area contributed by atoms with Gasteiger partial charge in [-0.15, -0.1) is 0 Å². The molecule has 0 aromatic heterocycles. The van der Waals surface area contributed by atoms with E-state index in [1.54, 1.807) is 30.3 Å². The van der Waals surface area contributed by atoms with E-state index in [2.05, 4.69) is 0 Å². The first-order valence-corrected chi connectivity index (χ1v) is 5.67. The van der Waals surface area contributed by atoms with E-state index in [9.17, 15) is 13.2 Å². The Kier molecular flexibility index (Phi) is 3.15. The second-order valence-corrected chi connectivity index (χ2v) is 5.06. The van der Waals surface area contributed by atoms with Crippen molar-refractivity contribution >= 4 is 0 Å². The van der Waals surface area contributed by atoms with Gasteiger partial charge in [-0.25, -0.2) is 0 Å². The summed E-state index contributed by atoms with van der Waals surface area (Å²) in [5, 5.41) is 0. The first kappa shape index (κ1) is 13.4. The third-order valence-corrected chi connectivity index (χ3v) is 3.12. The third kappa shape index (κ3) is 2.24. The van der Waals surface area contributed by atoms with Crippen LogP contribution in [0.5, 0.6) is 0 Å². The van der Waals surface area contributed by atoms with Gasteiger partial charge < -0.3 is 9.47 Å². The molecule has 1 atom stereocenters. The molecule has 1 aliphatic heterocycles. The highest BCUT2D eigenvalue weighted by Crippen LogP contribution is 2.52. The maximum absolute atomic E-state index is 12.3. The van der Waals surface area contributed by atoms with E-state index in [-0.39, 0.29) is 0 Å². The van der Waals surface area contributed by atoms with Crippen molar-refractivity contribution in [1.29, 1.82) is 0 Å². The predicted molar refractivity (Wildman–Crippen MR) is 59.9 cm³/mol. The summed E-state index contributed by atoms with van der Waals surface area (Å²) in [7, 11) is 0. The normalized spacial score (nSPS) is 26.7. The summed E-state index contributed by atoms with van der Waals surface area (Å²) in [6.45, 7) is 2.73. The molecule has 0 bridgehead atoms. The molecule has 2 rings (SSSR count). The largest absolute Gasteiger partial charge is 0.411 e. The number of alkyl halides is 3. The summed E-state index contributed by atoms with van der Waals surface area (Å²) in [5.74, 6) is -1.30. The summed E-state index contributed by atoms with van der Waals surface area (Å²) < 4.78 is 47.5. The number of halogens is 3. The topological polar surface area (TPSA) is 18.5 Å². The maximum Gasteiger partial charge on any atom is 0.411 e. The standard InChI is InChI=1S/C13H15F3O2/c1-11(2)8-17-13(11,18-9-12(14,15)16)10-6-4-3-5-7-10/h3-7H,8-9H2,1-2H3. The van der Waals surface area contributed by atoms with E-state index in [1.807, 2.05) is 13.8 Å². The molecule has 18 heavy (non-hydrogen) atoms. The first-order valence-electron chi connectivity index (χ1n) is 5.67. The number of hydrogen-bond acceptors (Lipinski definition) is 2. The molecule has 1 aromatic rings. The minimum atomic E-state index is -4.36. The van der Waals surface area contributed by atoms with Crippen LogP contribution in [-0.4, -0.2) is 19.4 Å². The molecule has 0 spiro atoms. The lowest BCUT2D eigenvalue weighted by Gasteiger charge is -2.54. The summed E-state index contributed by atoms with van der Waals surface area (Å²) in [5.41, 5.74) is 0.130. The SMILES string of the molecule is CC1(C)COC1(OCC(F)(F)F)c1ccccc1. The highest BCUT2D eigenvalue weighted by molar-refractivity contribution is 5.25. The second-order valence-electron chi connectivity index (χ2n) is 5.06. The fourth-order valence-corrected chi connectivity index (χ4v) is 2.13. The monoisotopic (exact) mass is 260 g/mol. The average Bonchev–Trinajstić information content (AvgIpc) is 2.28. The molecule has 0 N–H and O–H groups in total. The Hall–Kier alpha value is -1.07. The van der Waals surface area contributed by atoms with Crippen molar-refractivity contribution in [3.8, 4) is 0 Å². The Morgan fingerprint density at radius 2 is 1.83 bits per heavy atom. The van der Waals surface area contributed by atoms with Crippen molar-refractivity contribution in [2.24, 2.45) is 5.41 Å². The van der Waals surface area contributed by atoms with Gasteiger partial charge in [-0.1, -0.05) is 44.2 Å². The van der Waals surface area contributed by atoms with E-state index >= 15 is 0 Å². The number of hydrogen-bond donors (Lipinski definition) is 0. The van der Waals surface area contributed by atoms with E-state index in [0.29, 0.717) is 12.2 Å². The van der Waals surface area contributed by atoms with Gasteiger partial charge in [-0.05, 0) is 0 Å². The van der Waals surface area contributed by atoms with Gasteiger partial charge >= 0.3 is 6.18 Å². The van der Waals surface area contributed by atoms with Gasteiger partial charge in [-0.3, -0.25) is 0 Å². The van der Waals surface area contributed by atoms with E-state index in [1.165, 1.54) is 0 Å². The zero-order chi connectivity index (χ0) is 13.4. The quantitative estimate of drug-likeness (QED) is 0.828. The molecule has 2 nitrogen and oxygen atoms in total. The Labute approximate surface area is 104 Å². The first-order chi connectivity index (χ1) is 8.27. The summed E-state index contributed by atoms with van der Waals surface area (Å²) in [4.78, 5) is 0. The molecule has 1 fully saturated rings. The van der Waals surface area contributed by atoms with E-state index in [0.717, 1.165) is 0 Å². The molecular weight excluding hydrogens is 245 g/mol. The minimum Gasteiger partial charge on any atom is -0.345 e. The highest BCUT2D eigenvalue weighted by atomic mass is 19.4. The van der Waals surface area contributed by atoms with Gasteiger partial charge in [0.15, 0.2) is 0 Å². The van der Waals surface area contributed by atoms with Crippen molar-refractivity contribution in [1.82, 2.24) is 0 Å². The van der Waals surface area contributed by atoms with Crippen LogP contribution in [0.3, 0.4) is 0 Å². The lowest BCUT2D eigenvalue weighted by molar-refractivity contribution is -0.409. The van der Waals surface area contributed by atoms with E-state index < -0.39 is 24.0 Å². The molecule has 1 unspecified atom stereocenters. The molecular formula is C13H15F3O2. The third-order valence-electron chi connectivity index (χ3n) is 3.12. The lowest BCUT2D eigenvalue weighted by Crippen LogP contribution is -2.59. The molecule has 5 heteroatoms. The van der Waals surface area contributed by atoms with Crippen molar-refractivity contribution < 1.29 is 22.6 Å². The molecule has 0 saturated carbocycles. The zero-order valence-electron chi connectivity index (χ0n) is 10.3. The Balaban J connectivity index is 2.26. The van der Waals surface area contributed by atoms with Crippen LogP contribution in [0, 0.1) is 5.41 Å². The van der Waals surface area contributed by atoms with Crippen LogP contribution in [0.4, 0.5) is 13.2 Å². The van der Waals surface area contributed by atoms with Crippen molar-refractivity contribution in [2.75, 3.05) is 13.2 Å². The molecule has 1 aromatic carbocycles. The van der Waals surface area contributed by atoms with Crippen LogP contribution in [0.2, 0.25) is 0 Å². The van der Waals surface area contributed by atoms with Gasteiger partial charge in [0, 0.05) is 11.0 Å². The Morgan fingerprint density at radius 1 is 1.22 bits per heavy atom. The molecule has 0 radical (unpaired) electrons. The number of ether oxygens (including phenoxy) is 2. The lowest BCUT2D eigenvalue weighted by atomic mass is 9.75. The van der Waals surface area contributed by atoms with Crippen LogP contribution in [0.25, 0.3) is 0 Å². The van der Waals surface area contributed by atoms with Gasteiger partial charge in [-0.2, -0.15) is 13.2 Å². The zero-order valence-corrected chi connectivity index (χ0v) is 10.3. The molecule has 1 heterocycles. The van der Waals surface area contributed by atoms with Gasteiger partial charge in [0.2, 0.25) is 5.79 Å². The summed E-state index contributed by atoms with van der Waals surface area (Å²) >= 11 is 0. The van der Waals surface area contributed by atoms with Crippen LogP contribution < -0.4 is 0 Å². The predicted octanol–water partition coefficient (Wildman–Crippen LogP) is 3.47. The molecule has 1 saturated heterocycles. The minimum absolute atomic E-state index is 0.375. The summed E-state index contributed by atoms with van der Waals surface area (Å²) in [6, 6.07) is 8.75. The van der Waals surface area contributed by atoms with Gasteiger partial charge in [0.25, 0.3) is 0 Å². The van der Waals surface area contributed by atoms with Crippen LogP contribution in [0.1, 0.15) is 19.4 Å². The van der Waals surface area contributed by atoms with Crippen molar-refractivity contribution in [3.05, 3.63) is 35.9 Å². The van der Waals surface area contributed by atoms with Crippen molar-refractivity contribution in [2.45, 2.75) is 25.8 Å². The highest BCUT2D eigenvalue weighted by Gasteiger charge is 2.58. The summed E-state index contributed by atoms with van der Waals surface area (Å²) in [6.07, 6.45) is -4.36.